The quantitative estimate of drug-likeness (QED) is 0.447. The summed E-state index contributed by atoms with van der Waals surface area (Å²) in [5.41, 5.74) is 3.47. The maximum atomic E-state index is 13.1. The SMILES string of the molecule is Cc1cc(C)n(C(CNC(=O)c2c(-c3ccccc3Cl)noc2C)c2cccs2)n1. The lowest BCUT2D eigenvalue weighted by Gasteiger charge is -2.19. The van der Waals surface area contributed by atoms with Gasteiger partial charge in [-0.3, -0.25) is 9.48 Å². The van der Waals surface area contributed by atoms with Crippen molar-refractivity contribution in [3.63, 3.8) is 0 Å². The molecule has 0 radical (unpaired) electrons. The van der Waals surface area contributed by atoms with Gasteiger partial charge in [-0.15, -0.1) is 11.3 Å². The Balaban J connectivity index is 1.62. The molecule has 1 unspecified atom stereocenters. The van der Waals surface area contributed by atoms with Gasteiger partial charge < -0.3 is 9.84 Å². The number of amides is 1. The summed E-state index contributed by atoms with van der Waals surface area (Å²) in [6.45, 7) is 6.08. The van der Waals surface area contributed by atoms with Gasteiger partial charge in [-0.25, -0.2) is 0 Å². The number of aryl methyl sites for hydroxylation is 3. The normalized spacial score (nSPS) is 12.1. The van der Waals surface area contributed by atoms with Crippen molar-refractivity contribution >= 4 is 28.8 Å². The van der Waals surface area contributed by atoms with Gasteiger partial charge >= 0.3 is 0 Å². The standard InChI is InChI=1S/C22H21ClN4O2S/c1-13-11-14(2)27(25-13)18(19-9-6-10-30-19)12-24-22(28)20-15(3)29-26-21(20)16-7-4-5-8-17(16)23/h4-11,18H,12H2,1-3H3,(H,24,28). The molecule has 3 heterocycles. The van der Waals surface area contributed by atoms with Crippen LogP contribution in [0.15, 0.2) is 52.4 Å². The number of benzene rings is 1. The van der Waals surface area contributed by atoms with Crippen molar-refractivity contribution in [3.8, 4) is 11.3 Å². The average Bonchev–Trinajstić information content (AvgIpc) is 3.44. The Morgan fingerprint density at radius 1 is 1.23 bits per heavy atom. The zero-order chi connectivity index (χ0) is 21.3. The third-order valence-corrected chi connectivity index (χ3v) is 6.19. The summed E-state index contributed by atoms with van der Waals surface area (Å²) in [6, 6.07) is 13.2. The van der Waals surface area contributed by atoms with Gasteiger partial charge in [0.05, 0.1) is 10.7 Å². The molecular formula is C22H21ClN4O2S. The Morgan fingerprint density at radius 2 is 2.03 bits per heavy atom. The zero-order valence-electron chi connectivity index (χ0n) is 16.8. The minimum absolute atomic E-state index is 0.105. The van der Waals surface area contributed by atoms with E-state index in [9.17, 15) is 4.79 Å². The lowest BCUT2D eigenvalue weighted by atomic mass is 10.1. The number of aromatic nitrogens is 3. The molecule has 1 atom stereocenters. The maximum Gasteiger partial charge on any atom is 0.257 e. The zero-order valence-corrected chi connectivity index (χ0v) is 18.4. The first-order valence-corrected chi connectivity index (χ1v) is 10.8. The van der Waals surface area contributed by atoms with E-state index in [1.165, 1.54) is 0 Å². The van der Waals surface area contributed by atoms with E-state index in [1.54, 1.807) is 24.3 Å². The van der Waals surface area contributed by atoms with E-state index in [0.717, 1.165) is 16.3 Å². The van der Waals surface area contributed by atoms with Crippen LogP contribution in [0.1, 0.15) is 38.4 Å². The Labute approximate surface area is 183 Å². The molecule has 0 aliphatic rings. The highest BCUT2D eigenvalue weighted by atomic mass is 35.5. The summed E-state index contributed by atoms with van der Waals surface area (Å²) < 4.78 is 7.28. The molecule has 8 heteroatoms. The molecule has 0 aliphatic carbocycles. The van der Waals surface area contributed by atoms with Gasteiger partial charge in [0.15, 0.2) is 0 Å². The van der Waals surface area contributed by atoms with Gasteiger partial charge in [0, 0.05) is 22.7 Å². The third-order valence-electron chi connectivity index (χ3n) is 4.89. The number of hydrogen-bond donors (Lipinski definition) is 1. The highest BCUT2D eigenvalue weighted by Gasteiger charge is 2.25. The molecule has 0 bridgehead atoms. The van der Waals surface area contributed by atoms with Crippen LogP contribution < -0.4 is 5.32 Å². The largest absolute Gasteiger partial charge is 0.360 e. The molecule has 1 aromatic carbocycles. The fraction of sp³-hybridized carbons (Fsp3) is 0.227. The number of hydrogen-bond acceptors (Lipinski definition) is 5. The summed E-state index contributed by atoms with van der Waals surface area (Å²) in [4.78, 5) is 14.3. The Morgan fingerprint density at radius 3 is 2.70 bits per heavy atom. The molecule has 3 aromatic heterocycles. The Bertz CT molecular complexity index is 1180. The molecular weight excluding hydrogens is 420 g/mol. The highest BCUT2D eigenvalue weighted by Crippen LogP contribution is 2.31. The lowest BCUT2D eigenvalue weighted by Crippen LogP contribution is -2.32. The van der Waals surface area contributed by atoms with Crippen LogP contribution in [-0.4, -0.2) is 27.4 Å². The molecule has 6 nitrogen and oxygen atoms in total. The van der Waals surface area contributed by atoms with Crippen LogP contribution >= 0.6 is 22.9 Å². The second-order valence-electron chi connectivity index (χ2n) is 7.06. The molecule has 4 rings (SSSR count). The molecule has 0 saturated carbocycles. The van der Waals surface area contributed by atoms with Gasteiger partial charge in [0.2, 0.25) is 0 Å². The molecule has 154 valence electrons. The number of nitrogens with one attached hydrogen (secondary N) is 1. The van der Waals surface area contributed by atoms with Crippen molar-refractivity contribution in [1.82, 2.24) is 20.3 Å². The van der Waals surface area contributed by atoms with Crippen LogP contribution in [0.25, 0.3) is 11.3 Å². The van der Waals surface area contributed by atoms with Gasteiger partial charge in [0.25, 0.3) is 5.91 Å². The van der Waals surface area contributed by atoms with Crippen LogP contribution in [0.5, 0.6) is 0 Å². The smallest absolute Gasteiger partial charge is 0.257 e. The van der Waals surface area contributed by atoms with Crippen molar-refractivity contribution in [3.05, 3.63) is 80.5 Å². The molecule has 1 amide bonds. The second kappa shape index (κ2) is 8.45. The van der Waals surface area contributed by atoms with Gasteiger partial charge in [-0.2, -0.15) is 5.10 Å². The van der Waals surface area contributed by atoms with E-state index < -0.39 is 0 Å². The number of carbonyl (C=O) groups excluding carboxylic acids is 1. The molecule has 0 fully saturated rings. The first-order valence-electron chi connectivity index (χ1n) is 9.51. The average molecular weight is 441 g/mol. The molecule has 30 heavy (non-hydrogen) atoms. The monoisotopic (exact) mass is 440 g/mol. The first kappa shape index (κ1) is 20.4. The third kappa shape index (κ3) is 3.91. The molecule has 1 N–H and O–H groups in total. The summed E-state index contributed by atoms with van der Waals surface area (Å²) >= 11 is 7.95. The number of thiophene rings is 1. The maximum absolute atomic E-state index is 13.1. The van der Waals surface area contributed by atoms with E-state index in [4.69, 9.17) is 16.1 Å². The lowest BCUT2D eigenvalue weighted by molar-refractivity contribution is 0.0948. The van der Waals surface area contributed by atoms with Crippen molar-refractivity contribution in [1.29, 1.82) is 0 Å². The van der Waals surface area contributed by atoms with Crippen molar-refractivity contribution in [2.24, 2.45) is 0 Å². The van der Waals surface area contributed by atoms with E-state index in [1.807, 2.05) is 54.2 Å². The molecule has 4 aromatic rings. The van der Waals surface area contributed by atoms with Gasteiger partial charge in [-0.1, -0.05) is 41.0 Å². The van der Waals surface area contributed by atoms with Crippen LogP contribution in [0.3, 0.4) is 0 Å². The summed E-state index contributed by atoms with van der Waals surface area (Å²) in [5.74, 6) is 0.188. The van der Waals surface area contributed by atoms with Crippen LogP contribution in [0, 0.1) is 20.8 Å². The highest BCUT2D eigenvalue weighted by molar-refractivity contribution is 7.10. The second-order valence-corrected chi connectivity index (χ2v) is 8.44. The van der Waals surface area contributed by atoms with Crippen molar-refractivity contribution in [2.45, 2.75) is 26.8 Å². The number of nitrogens with zero attached hydrogens (tertiary/aromatic N) is 3. The Hall–Kier alpha value is -2.90. The number of carbonyl (C=O) groups is 1. The Kier molecular flexibility index (Phi) is 5.74. The van der Waals surface area contributed by atoms with Crippen molar-refractivity contribution < 1.29 is 9.32 Å². The fourth-order valence-electron chi connectivity index (χ4n) is 3.50. The van der Waals surface area contributed by atoms with Crippen LogP contribution in [0.2, 0.25) is 5.02 Å². The number of halogens is 1. The van der Waals surface area contributed by atoms with E-state index >= 15 is 0 Å². The predicted molar refractivity (Wildman–Crippen MR) is 118 cm³/mol. The van der Waals surface area contributed by atoms with Crippen LogP contribution in [-0.2, 0) is 0 Å². The fourth-order valence-corrected chi connectivity index (χ4v) is 4.54. The van der Waals surface area contributed by atoms with Crippen molar-refractivity contribution in [2.75, 3.05) is 6.54 Å². The van der Waals surface area contributed by atoms with E-state index in [2.05, 4.69) is 21.6 Å². The van der Waals surface area contributed by atoms with Gasteiger partial charge in [0.1, 0.15) is 23.1 Å². The van der Waals surface area contributed by atoms with Gasteiger partial charge in [-0.05, 0) is 44.4 Å². The number of rotatable bonds is 6. The van der Waals surface area contributed by atoms with E-state index in [-0.39, 0.29) is 11.9 Å². The summed E-state index contributed by atoms with van der Waals surface area (Å²) in [5, 5.41) is 14.3. The first-order chi connectivity index (χ1) is 14.5. The molecule has 0 aliphatic heterocycles. The minimum Gasteiger partial charge on any atom is -0.360 e. The van der Waals surface area contributed by atoms with E-state index in [0.29, 0.717) is 34.1 Å². The predicted octanol–water partition coefficient (Wildman–Crippen LogP) is 5.20. The molecule has 0 saturated heterocycles. The minimum atomic E-state index is -0.258. The summed E-state index contributed by atoms with van der Waals surface area (Å²) in [7, 11) is 0. The summed E-state index contributed by atoms with van der Waals surface area (Å²) in [6.07, 6.45) is 0. The topological polar surface area (TPSA) is 73.0 Å². The van der Waals surface area contributed by atoms with Crippen LogP contribution in [0.4, 0.5) is 0 Å². The molecule has 0 spiro atoms.